The van der Waals surface area contributed by atoms with E-state index in [0.717, 1.165) is 162 Å². The highest BCUT2D eigenvalue weighted by atomic mass is 15.0. The summed E-state index contributed by atoms with van der Waals surface area (Å²) in [5.41, 5.74) is 28.5. The first-order valence-electron chi connectivity index (χ1n) is 39.3. The molecule has 0 N–H and O–H groups in total. The Kier molecular flexibility index (Phi) is 17.7. The Balaban J connectivity index is 0.721. The lowest BCUT2D eigenvalue weighted by Gasteiger charge is -2.22. The Morgan fingerprint density at radius 3 is 0.754 bits per heavy atom. The molecule has 4 heterocycles. The highest BCUT2D eigenvalue weighted by Gasteiger charge is 2.38. The van der Waals surface area contributed by atoms with E-state index in [1.807, 2.05) is 170 Å². The zero-order valence-corrected chi connectivity index (χ0v) is 64.9. The molecule has 2 aliphatic rings. The quantitative estimate of drug-likeness (QED) is 0.0950. The van der Waals surface area contributed by atoms with E-state index in [-0.39, 0.29) is 5.41 Å². The third-order valence-electron chi connectivity index (χ3n) is 22.8. The molecule has 20 rings (SSSR count). The summed E-state index contributed by atoms with van der Waals surface area (Å²) >= 11 is 0. The number of nitriles is 2. The first kappa shape index (κ1) is 71.3. The molecule has 0 unspecified atom stereocenters. The maximum Gasteiger partial charge on any atom is 0.164 e. The molecule has 0 radical (unpaired) electrons. The van der Waals surface area contributed by atoms with E-state index in [4.69, 9.17) is 49.8 Å². The van der Waals surface area contributed by atoms with E-state index in [0.29, 0.717) is 57.7 Å². The molecule has 0 saturated heterocycles. The summed E-state index contributed by atoms with van der Waals surface area (Å²) in [6.45, 7) is 8.96. The fraction of sp³-hybridized carbons (Fsp3) is 0.0566. The Labute approximate surface area is 683 Å². The molecule has 0 atom stereocenters. The number of benzene rings is 14. The fourth-order valence-corrected chi connectivity index (χ4v) is 16.6. The summed E-state index contributed by atoms with van der Waals surface area (Å²) in [5.74, 6) is 4.13. The van der Waals surface area contributed by atoms with Gasteiger partial charge in [0.2, 0.25) is 0 Å². The lowest BCUT2D eigenvalue weighted by Crippen LogP contribution is -2.15. The van der Waals surface area contributed by atoms with E-state index >= 15 is 0 Å². The summed E-state index contributed by atoms with van der Waals surface area (Å²) in [6, 6.07) is 125. The van der Waals surface area contributed by atoms with Crippen molar-refractivity contribution in [1.29, 1.82) is 10.5 Å². The lowest BCUT2D eigenvalue weighted by molar-refractivity contribution is 0.660. The largest absolute Gasteiger partial charge is 0.228 e. The average molecular weight is 1510 g/mol. The van der Waals surface area contributed by atoms with Gasteiger partial charge in [-0.05, 0) is 175 Å². The van der Waals surface area contributed by atoms with Gasteiger partial charge in [0.1, 0.15) is 0 Å². The van der Waals surface area contributed by atoms with Crippen LogP contribution in [0.2, 0.25) is 0 Å². The van der Waals surface area contributed by atoms with Crippen LogP contribution in [-0.2, 0) is 10.8 Å². The van der Waals surface area contributed by atoms with Gasteiger partial charge in [0, 0.05) is 77.6 Å². The zero-order valence-electron chi connectivity index (χ0n) is 64.9. The van der Waals surface area contributed by atoms with Crippen molar-refractivity contribution < 1.29 is 0 Å². The molecule has 14 aromatic carbocycles. The van der Waals surface area contributed by atoms with Gasteiger partial charge in [0.15, 0.2) is 46.6 Å². The van der Waals surface area contributed by atoms with E-state index in [1.54, 1.807) is 0 Å². The van der Waals surface area contributed by atoms with Crippen LogP contribution in [0.5, 0.6) is 0 Å². The number of nitrogens with zero attached hydrogens (tertiary/aromatic N) is 12. The molecule has 0 fully saturated rings. The van der Waals surface area contributed by atoms with Crippen LogP contribution in [-0.4, -0.2) is 49.8 Å². The monoisotopic (exact) mass is 1510 g/mol. The Bertz CT molecular complexity index is 6580. The van der Waals surface area contributed by atoms with Crippen LogP contribution in [0.1, 0.15) is 61.1 Å². The van der Waals surface area contributed by atoms with Crippen LogP contribution in [0.15, 0.2) is 352 Å². The highest BCUT2D eigenvalue weighted by Crippen LogP contribution is 2.53. The minimum atomic E-state index is -0.404. The summed E-state index contributed by atoms with van der Waals surface area (Å²) in [7, 11) is 0. The number of fused-ring (bicyclic) bond motifs is 6. The van der Waals surface area contributed by atoms with Gasteiger partial charge < -0.3 is 0 Å². The molecule has 0 saturated carbocycles. The third-order valence-corrected chi connectivity index (χ3v) is 22.8. The molecule has 18 aromatic rings. The maximum atomic E-state index is 10.1. The normalized spacial score (nSPS) is 12.5. The van der Waals surface area contributed by atoms with Gasteiger partial charge in [-0.1, -0.05) is 282 Å². The van der Waals surface area contributed by atoms with Gasteiger partial charge in [0.25, 0.3) is 0 Å². The standard InChI is InChI=1S/C106H70N12/c1-105(2)89-49-65(63-107)41-45-85(89)87-47-43-75(59-91(87)105)79-53-81(95-61-93(67-25-11-5-12-26-67)109-97(111-95)69-29-15-7-16-30-69)57-82(54-79)96-62-94(68-27-13-6-14-28-68)110-101(112-96)77-39-23-37-73(51-77)74-38-24-40-78(52-74)102-114-100(72-35-21-10-22-36-72)117-104(118-102)84-56-80(76-44-48-88-86-46-42-66(64-108)50-90(86)106(3,4)92(88)60-76)55-83(58-84)103-115-98(70-31-17-8-18-32-70)113-99(116-103)71-33-19-9-20-34-71/h5-62H,1-4H3. The molecule has 4 aromatic heterocycles. The molecule has 0 bridgehead atoms. The molecule has 554 valence electrons. The van der Waals surface area contributed by atoms with Crippen LogP contribution in [0.3, 0.4) is 0 Å². The fourth-order valence-electron chi connectivity index (χ4n) is 16.6. The average Bonchev–Trinajstić information content (AvgIpc) is 1.47. The molecule has 0 aliphatic heterocycles. The topological polar surface area (TPSA) is 176 Å². The number of hydrogen-bond donors (Lipinski definition) is 0. The van der Waals surface area contributed by atoms with Crippen LogP contribution in [0.25, 0.3) is 192 Å². The minimum absolute atomic E-state index is 0.384. The molecule has 0 amide bonds. The first-order chi connectivity index (χ1) is 57.8. The first-order valence-corrected chi connectivity index (χ1v) is 39.3. The van der Waals surface area contributed by atoms with Crippen molar-refractivity contribution >= 4 is 0 Å². The molecule has 0 spiro atoms. The van der Waals surface area contributed by atoms with Crippen molar-refractivity contribution in [2.24, 2.45) is 0 Å². The number of aromatic nitrogens is 10. The second-order valence-electron chi connectivity index (χ2n) is 31.0. The van der Waals surface area contributed by atoms with Crippen LogP contribution in [0, 0.1) is 22.7 Å². The number of rotatable bonds is 15. The molecule has 118 heavy (non-hydrogen) atoms. The highest BCUT2D eigenvalue weighted by molar-refractivity contribution is 5.90. The predicted molar refractivity (Wildman–Crippen MR) is 470 cm³/mol. The van der Waals surface area contributed by atoms with Gasteiger partial charge >= 0.3 is 0 Å². The minimum Gasteiger partial charge on any atom is -0.228 e. The Hall–Kier alpha value is -15.8. The van der Waals surface area contributed by atoms with Gasteiger partial charge in [-0.15, -0.1) is 0 Å². The van der Waals surface area contributed by atoms with Crippen molar-refractivity contribution in [2.75, 3.05) is 0 Å². The second-order valence-corrected chi connectivity index (χ2v) is 31.0. The van der Waals surface area contributed by atoms with Crippen molar-refractivity contribution in [1.82, 2.24) is 49.8 Å². The number of hydrogen-bond acceptors (Lipinski definition) is 12. The summed E-state index contributed by atoms with van der Waals surface area (Å²) in [5, 5.41) is 20.1. The van der Waals surface area contributed by atoms with Gasteiger partial charge in [-0.25, -0.2) is 49.8 Å². The smallest absolute Gasteiger partial charge is 0.164 e. The zero-order chi connectivity index (χ0) is 79.6. The molecule has 12 nitrogen and oxygen atoms in total. The SMILES string of the molecule is CC1(C)c2cc(C#N)ccc2-c2ccc(-c3cc(-c4cc(-c5ccccc5)nc(-c5ccccc5)n4)cc(-c4cc(-c5ccccc5)nc(-c5cccc(-c6cccc(-c7nc(-c8ccccc8)nc(-c8cc(-c9ccc%10c(c9)C(C)(C)c9cc(C#N)ccc9-%10)cc(-c9nc(-c%10ccccc%10)nc(-c%10ccccc%10)n9)c8)n7)c6)c5)n4)c3)cc21. The molecule has 12 heteroatoms. The van der Waals surface area contributed by atoms with E-state index in [1.165, 1.54) is 5.56 Å². The summed E-state index contributed by atoms with van der Waals surface area (Å²) in [4.78, 5) is 53.5. The summed E-state index contributed by atoms with van der Waals surface area (Å²) in [6.07, 6.45) is 0. The van der Waals surface area contributed by atoms with Gasteiger partial charge in [-0.3, -0.25) is 0 Å². The van der Waals surface area contributed by atoms with E-state index in [9.17, 15) is 10.5 Å². The molecular formula is C106H70N12. The van der Waals surface area contributed by atoms with E-state index < -0.39 is 5.41 Å². The van der Waals surface area contributed by atoms with Gasteiger partial charge in [0.05, 0.1) is 46.0 Å². The third kappa shape index (κ3) is 13.3. The van der Waals surface area contributed by atoms with Gasteiger partial charge in [-0.2, -0.15) is 10.5 Å². The van der Waals surface area contributed by atoms with Crippen LogP contribution in [0.4, 0.5) is 0 Å². The summed E-state index contributed by atoms with van der Waals surface area (Å²) < 4.78 is 0. The van der Waals surface area contributed by atoms with Crippen molar-refractivity contribution in [3.8, 4) is 204 Å². The lowest BCUT2D eigenvalue weighted by atomic mass is 9.81. The molecular weight excluding hydrogens is 1440 g/mol. The Morgan fingerprint density at radius 1 is 0.178 bits per heavy atom. The Morgan fingerprint density at radius 2 is 0.407 bits per heavy atom. The van der Waals surface area contributed by atoms with Crippen molar-refractivity contribution in [2.45, 2.75) is 38.5 Å². The second kappa shape index (κ2) is 29.3. The maximum absolute atomic E-state index is 10.1. The molecule has 2 aliphatic carbocycles. The van der Waals surface area contributed by atoms with Crippen LogP contribution >= 0.6 is 0 Å². The van der Waals surface area contributed by atoms with Crippen molar-refractivity contribution in [3.05, 3.63) is 385 Å². The predicted octanol–water partition coefficient (Wildman–Crippen LogP) is 25.0. The van der Waals surface area contributed by atoms with E-state index in [2.05, 4.69) is 222 Å². The van der Waals surface area contributed by atoms with Crippen LogP contribution < -0.4 is 0 Å². The van der Waals surface area contributed by atoms with Crippen molar-refractivity contribution in [3.63, 3.8) is 0 Å².